The van der Waals surface area contributed by atoms with Crippen LogP contribution in [0.3, 0.4) is 0 Å². The summed E-state index contributed by atoms with van der Waals surface area (Å²) in [7, 11) is 4.02. The molecule has 1 N–H and O–H groups in total. The van der Waals surface area contributed by atoms with Gasteiger partial charge in [0.25, 0.3) is 5.91 Å². The third kappa shape index (κ3) is 2.90. The molecule has 0 aliphatic carbocycles. The highest BCUT2D eigenvalue weighted by Gasteiger charge is 2.25. The first-order chi connectivity index (χ1) is 8.08. The van der Waals surface area contributed by atoms with E-state index in [0.29, 0.717) is 11.7 Å². The summed E-state index contributed by atoms with van der Waals surface area (Å²) >= 11 is 3.34. The second-order valence-corrected chi connectivity index (χ2v) is 5.60. The lowest BCUT2D eigenvalue weighted by Gasteiger charge is -2.34. The van der Waals surface area contributed by atoms with Gasteiger partial charge in [-0.15, -0.1) is 0 Å². The Morgan fingerprint density at radius 1 is 1.53 bits per heavy atom. The molecule has 1 aliphatic rings. The van der Waals surface area contributed by atoms with Gasteiger partial charge in [0, 0.05) is 23.8 Å². The maximum absolute atomic E-state index is 12.2. The van der Waals surface area contributed by atoms with Crippen LogP contribution >= 0.6 is 15.9 Å². The average Bonchev–Trinajstić information content (AvgIpc) is 2.75. The summed E-state index contributed by atoms with van der Waals surface area (Å²) < 4.78 is 0.914. The van der Waals surface area contributed by atoms with Crippen LogP contribution in [0, 0.1) is 0 Å². The number of H-pyrrole nitrogens is 1. The summed E-state index contributed by atoms with van der Waals surface area (Å²) in [6, 6.07) is 2.19. The van der Waals surface area contributed by atoms with Crippen LogP contribution in [-0.4, -0.2) is 53.9 Å². The smallest absolute Gasteiger partial charge is 0.270 e. The molecule has 17 heavy (non-hydrogen) atoms. The van der Waals surface area contributed by atoms with Crippen LogP contribution < -0.4 is 0 Å². The van der Waals surface area contributed by atoms with Gasteiger partial charge in [-0.25, -0.2) is 0 Å². The lowest BCUT2D eigenvalue weighted by Crippen LogP contribution is -2.44. The quantitative estimate of drug-likeness (QED) is 0.906. The zero-order valence-corrected chi connectivity index (χ0v) is 11.8. The number of piperidine rings is 1. The minimum absolute atomic E-state index is 0.0743. The molecular formula is C12H18BrN3O. The SMILES string of the molecule is CN1CCC(N(C)C(=O)c2cc(Br)c[nH]2)CC1. The number of halogens is 1. The molecule has 1 aliphatic heterocycles. The fraction of sp³-hybridized carbons (Fsp3) is 0.583. The molecule has 1 saturated heterocycles. The van der Waals surface area contributed by atoms with Crippen molar-refractivity contribution in [2.45, 2.75) is 18.9 Å². The van der Waals surface area contributed by atoms with E-state index < -0.39 is 0 Å². The van der Waals surface area contributed by atoms with Crippen LogP contribution in [-0.2, 0) is 0 Å². The molecule has 2 heterocycles. The van der Waals surface area contributed by atoms with E-state index in [-0.39, 0.29) is 5.91 Å². The highest BCUT2D eigenvalue weighted by atomic mass is 79.9. The van der Waals surface area contributed by atoms with E-state index in [0.717, 1.165) is 30.4 Å². The van der Waals surface area contributed by atoms with Crippen LogP contribution in [0.4, 0.5) is 0 Å². The number of nitrogens with one attached hydrogen (secondary N) is 1. The largest absolute Gasteiger partial charge is 0.356 e. The summed E-state index contributed by atoms with van der Waals surface area (Å²) in [5.41, 5.74) is 0.651. The number of aromatic nitrogens is 1. The summed E-state index contributed by atoms with van der Waals surface area (Å²) in [5, 5.41) is 0. The number of carbonyl (C=O) groups is 1. The Morgan fingerprint density at radius 3 is 2.71 bits per heavy atom. The summed E-state index contributed by atoms with van der Waals surface area (Å²) in [5.74, 6) is 0.0743. The zero-order valence-electron chi connectivity index (χ0n) is 10.2. The maximum Gasteiger partial charge on any atom is 0.270 e. The van der Waals surface area contributed by atoms with E-state index in [1.807, 2.05) is 18.0 Å². The molecular weight excluding hydrogens is 282 g/mol. The Morgan fingerprint density at radius 2 is 2.18 bits per heavy atom. The molecule has 0 radical (unpaired) electrons. The van der Waals surface area contributed by atoms with Crippen LogP contribution in [0.25, 0.3) is 0 Å². The molecule has 0 unspecified atom stereocenters. The van der Waals surface area contributed by atoms with Crippen LogP contribution in [0.5, 0.6) is 0 Å². The first kappa shape index (κ1) is 12.6. The van der Waals surface area contributed by atoms with Crippen molar-refractivity contribution in [1.82, 2.24) is 14.8 Å². The second kappa shape index (κ2) is 5.23. The highest BCUT2D eigenvalue weighted by molar-refractivity contribution is 9.10. The van der Waals surface area contributed by atoms with Crippen molar-refractivity contribution in [2.24, 2.45) is 0 Å². The predicted octanol–water partition coefficient (Wildman–Crippen LogP) is 1.94. The van der Waals surface area contributed by atoms with E-state index >= 15 is 0 Å². The molecule has 4 nitrogen and oxygen atoms in total. The Kier molecular flexibility index (Phi) is 3.89. The third-order valence-electron chi connectivity index (χ3n) is 3.43. The van der Waals surface area contributed by atoms with Gasteiger partial charge >= 0.3 is 0 Å². The van der Waals surface area contributed by atoms with E-state index in [4.69, 9.17) is 0 Å². The topological polar surface area (TPSA) is 39.3 Å². The van der Waals surface area contributed by atoms with Crippen LogP contribution in [0.1, 0.15) is 23.3 Å². The van der Waals surface area contributed by atoms with Gasteiger partial charge in [-0.2, -0.15) is 0 Å². The molecule has 1 aromatic heterocycles. The summed E-state index contributed by atoms with van der Waals surface area (Å²) in [4.78, 5) is 19.4. The lowest BCUT2D eigenvalue weighted by molar-refractivity contribution is 0.0654. The van der Waals surface area contributed by atoms with Crippen molar-refractivity contribution in [3.63, 3.8) is 0 Å². The highest BCUT2D eigenvalue weighted by Crippen LogP contribution is 2.18. The van der Waals surface area contributed by atoms with Gasteiger partial charge in [0.15, 0.2) is 0 Å². The lowest BCUT2D eigenvalue weighted by atomic mass is 10.0. The number of aromatic amines is 1. The number of hydrogen-bond acceptors (Lipinski definition) is 2. The summed E-state index contributed by atoms with van der Waals surface area (Å²) in [6.45, 7) is 2.13. The molecule has 0 saturated carbocycles. The van der Waals surface area contributed by atoms with Gasteiger partial charge in [-0.1, -0.05) is 0 Å². The molecule has 2 rings (SSSR count). The molecule has 94 valence electrons. The first-order valence-electron chi connectivity index (χ1n) is 5.87. The Balaban J connectivity index is 2.00. The molecule has 0 atom stereocenters. The molecule has 1 amide bonds. The molecule has 1 fully saturated rings. The minimum Gasteiger partial charge on any atom is -0.356 e. The van der Waals surface area contributed by atoms with Crippen molar-refractivity contribution >= 4 is 21.8 Å². The van der Waals surface area contributed by atoms with Crippen molar-refractivity contribution in [2.75, 3.05) is 27.2 Å². The van der Waals surface area contributed by atoms with Gasteiger partial charge in [-0.3, -0.25) is 4.79 Å². The van der Waals surface area contributed by atoms with Gasteiger partial charge < -0.3 is 14.8 Å². The Bertz CT molecular complexity index is 396. The maximum atomic E-state index is 12.2. The van der Waals surface area contributed by atoms with Crippen LogP contribution in [0.2, 0.25) is 0 Å². The molecule has 1 aromatic rings. The molecule has 0 bridgehead atoms. The standard InChI is InChI=1S/C12H18BrN3O/c1-15-5-3-10(4-6-15)16(2)12(17)11-7-9(13)8-14-11/h7-8,10,14H,3-6H2,1-2H3. The zero-order chi connectivity index (χ0) is 12.4. The van der Waals surface area contributed by atoms with Crippen LogP contribution in [0.15, 0.2) is 16.7 Å². The number of hydrogen-bond donors (Lipinski definition) is 1. The predicted molar refractivity (Wildman–Crippen MR) is 71.1 cm³/mol. The molecule has 0 aromatic carbocycles. The molecule has 0 spiro atoms. The summed E-state index contributed by atoms with van der Waals surface area (Å²) in [6.07, 6.45) is 3.90. The van der Waals surface area contributed by atoms with E-state index in [1.54, 1.807) is 6.20 Å². The number of nitrogens with zero attached hydrogens (tertiary/aromatic N) is 2. The number of likely N-dealkylation sites (tertiary alicyclic amines) is 1. The second-order valence-electron chi connectivity index (χ2n) is 4.68. The van der Waals surface area contributed by atoms with E-state index in [2.05, 4.69) is 32.9 Å². The Labute approximate surface area is 110 Å². The monoisotopic (exact) mass is 299 g/mol. The fourth-order valence-corrected chi connectivity index (χ4v) is 2.57. The van der Waals surface area contributed by atoms with Gasteiger partial charge in [0.2, 0.25) is 0 Å². The van der Waals surface area contributed by atoms with Crippen molar-refractivity contribution in [1.29, 1.82) is 0 Å². The third-order valence-corrected chi connectivity index (χ3v) is 3.89. The number of carbonyl (C=O) groups excluding carboxylic acids is 1. The first-order valence-corrected chi connectivity index (χ1v) is 6.67. The fourth-order valence-electron chi connectivity index (χ4n) is 2.23. The van der Waals surface area contributed by atoms with E-state index in [9.17, 15) is 4.79 Å². The van der Waals surface area contributed by atoms with E-state index in [1.165, 1.54) is 0 Å². The number of amides is 1. The van der Waals surface area contributed by atoms with Gasteiger partial charge in [-0.05, 0) is 55.0 Å². The van der Waals surface area contributed by atoms with Crippen molar-refractivity contribution in [3.8, 4) is 0 Å². The molecule has 5 heteroatoms. The van der Waals surface area contributed by atoms with Gasteiger partial charge in [0.05, 0.1) is 0 Å². The minimum atomic E-state index is 0.0743. The average molecular weight is 300 g/mol. The Hall–Kier alpha value is -0.810. The van der Waals surface area contributed by atoms with Crippen molar-refractivity contribution < 1.29 is 4.79 Å². The number of rotatable bonds is 2. The van der Waals surface area contributed by atoms with Gasteiger partial charge in [0.1, 0.15) is 5.69 Å². The normalized spacial score (nSPS) is 18.3. The van der Waals surface area contributed by atoms with Crippen molar-refractivity contribution in [3.05, 3.63) is 22.4 Å².